The van der Waals surface area contributed by atoms with Gasteiger partial charge in [-0.3, -0.25) is 49.8 Å². The number of benzene rings is 2. The fraction of sp³-hybridized carbons (Fsp3) is 0. The molecule has 2 heterocycles. The Hall–Kier alpha value is -6.36. The Labute approximate surface area is 267 Å². The topological polar surface area (TPSA) is 324 Å². The molecule has 22 heteroatoms. The molecule has 0 aliphatic carbocycles. The van der Waals surface area contributed by atoms with Crippen LogP contribution in [-0.2, 0) is 49.0 Å². The van der Waals surface area contributed by atoms with Crippen molar-refractivity contribution < 1.29 is 64.9 Å². The highest BCUT2D eigenvalue weighted by Crippen LogP contribution is 2.26. The van der Waals surface area contributed by atoms with Gasteiger partial charge in [0.2, 0.25) is 0 Å². The Bertz CT molecular complexity index is 2060. The van der Waals surface area contributed by atoms with Crippen LogP contribution < -0.4 is 21.5 Å². The van der Waals surface area contributed by atoms with E-state index in [0.29, 0.717) is 12.2 Å². The van der Waals surface area contributed by atoms with E-state index in [1.54, 1.807) is 0 Å². The number of carboxylic acids is 2. The molecule has 2 aliphatic heterocycles. The van der Waals surface area contributed by atoms with E-state index >= 15 is 0 Å². The lowest BCUT2D eigenvalue weighted by atomic mass is 10.1. The van der Waals surface area contributed by atoms with Crippen molar-refractivity contribution in [3.63, 3.8) is 0 Å². The van der Waals surface area contributed by atoms with Crippen LogP contribution in [0, 0.1) is 0 Å². The molecule has 0 fully saturated rings. The van der Waals surface area contributed by atoms with E-state index in [-0.39, 0.29) is 22.5 Å². The average Bonchev–Trinajstić information content (AvgIpc) is 2.97. The van der Waals surface area contributed by atoms with Gasteiger partial charge in [0.05, 0.1) is 22.5 Å². The summed E-state index contributed by atoms with van der Waals surface area (Å²) < 4.78 is 68.2. The quantitative estimate of drug-likeness (QED) is 0.0651. The van der Waals surface area contributed by atoms with Crippen molar-refractivity contribution in [1.29, 1.82) is 0 Å². The highest BCUT2D eigenvalue weighted by molar-refractivity contribution is 7.86. The van der Waals surface area contributed by atoms with Crippen LogP contribution >= 0.6 is 0 Å². The molecule has 2 aromatic rings. The second kappa shape index (κ2) is 13.2. The predicted octanol–water partition coefficient (Wildman–Crippen LogP) is -0.779. The standard InChI is InChI=1S/C26H18N6O14S2/c33-19-9-15(25(37)38)21(23(35)27-19)31-29-13-5-3-11(17(7-13)47(41,42)43)1-2-12-4-6-14(8-18(12)48(44,45)46)30-32-22-16(26(39)40)10-20(34)28-24(22)36/h1-10,29-30H,(H,37,38)(H,39,40)(H,27,33,35)(H,28,34,36)(H,41,42,43)(H,44,45,46). The van der Waals surface area contributed by atoms with E-state index in [2.05, 4.69) is 21.1 Å². The molecule has 8 N–H and O–H groups in total. The summed E-state index contributed by atoms with van der Waals surface area (Å²) in [7, 11) is -9.98. The first-order chi connectivity index (χ1) is 22.3. The van der Waals surface area contributed by atoms with Crippen molar-refractivity contribution in [2.24, 2.45) is 10.2 Å². The first-order valence-corrected chi connectivity index (χ1v) is 15.4. The number of hydrogen-bond acceptors (Lipinski definition) is 14. The van der Waals surface area contributed by atoms with E-state index < -0.39 is 88.2 Å². The molecule has 248 valence electrons. The molecule has 0 atom stereocenters. The maximum atomic E-state index is 12.2. The normalized spacial score (nSPS) is 17.1. The van der Waals surface area contributed by atoms with Gasteiger partial charge in [-0.05, 0) is 35.4 Å². The molecule has 0 saturated heterocycles. The van der Waals surface area contributed by atoms with Crippen molar-refractivity contribution in [2.75, 3.05) is 10.9 Å². The van der Waals surface area contributed by atoms with Crippen LogP contribution in [0.2, 0.25) is 0 Å². The minimum atomic E-state index is -4.99. The maximum Gasteiger partial charge on any atom is 0.338 e. The number of imide groups is 2. The van der Waals surface area contributed by atoms with Gasteiger partial charge in [-0.2, -0.15) is 27.0 Å². The summed E-state index contributed by atoms with van der Waals surface area (Å²) in [6.45, 7) is 0. The summed E-state index contributed by atoms with van der Waals surface area (Å²) in [5.41, 5.74) is 0.693. The number of rotatable bonds is 10. The van der Waals surface area contributed by atoms with Crippen molar-refractivity contribution in [2.45, 2.75) is 9.79 Å². The number of carboxylic acid groups (broad SMARTS) is 2. The second-order valence-electron chi connectivity index (χ2n) is 9.30. The van der Waals surface area contributed by atoms with Crippen LogP contribution in [0.3, 0.4) is 0 Å². The fourth-order valence-electron chi connectivity index (χ4n) is 3.96. The zero-order valence-electron chi connectivity index (χ0n) is 23.4. The predicted molar refractivity (Wildman–Crippen MR) is 161 cm³/mol. The Morgan fingerprint density at radius 1 is 0.646 bits per heavy atom. The molecule has 4 amide bonds. The molecule has 0 unspecified atom stereocenters. The Balaban J connectivity index is 1.67. The summed E-state index contributed by atoms with van der Waals surface area (Å²) in [6, 6.07) is 6.23. The minimum Gasteiger partial charge on any atom is -0.478 e. The van der Waals surface area contributed by atoms with Crippen LogP contribution in [0.15, 0.2) is 79.7 Å². The number of anilines is 2. The lowest BCUT2D eigenvalue weighted by Crippen LogP contribution is -2.42. The monoisotopic (exact) mass is 702 g/mol. The van der Waals surface area contributed by atoms with E-state index in [1.807, 2.05) is 10.6 Å². The van der Waals surface area contributed by atoms with Gasteiger partial charge in [-0.1, -0.05) is 24.3 Å². The maximum absolute atomic E-state index is 12.2. The van der Waals surface area contributed by atoms with E-state index in [9.17, 15) is 64.9 Å². The second-order valence-corrected chi connectivity index (χ2v) is 12.1. The minimum absolute atomic E-state index is 0.186. The van der Waals surface area contributed by atoms with Crippen LogP contribution in [0.4, 0.5) is 11.4 Å². The number of carbonyl (C=O) groups is 6. The Morgan fingerprint density at radius 2 is 1.00 bits per heavy atom. The number of nitrogens with one attached hydrogen (secondary N) is 4. The van der Waals surface area contributed by atoms with Gasteiger partial charge >= 0.3 is 11.9 Å². The number of hydrazone groups is 2. The van der Waals surface area contributed by atoms with Gasteiger partial charge in [0.25, 0.3) is 43.9 Å². The van der Waals surface area contributed by atoms with Gasteiger partial charge in [0.1, 0.15) is 9.79 Å². The zero-order chi connectivity index (χ0) is 35.6. The summed E-state index contributed by atoms with van der Waals surface area (Å²) >= 11 is 0. The highest BCUT2D eigenvalue weighted by Gasteiger charge is 2.30. The zero-order valence-corrected chi connectivity index (χ0v) is 25.0. The summed E-state index contributed by atoms with van der Waals surface area (Å²) in [4.78, 5) is 68.3. The van der Waals surface area contributed by atoms with Crippen molar-refractivity contribution in [3.8, 4) is 0 Å². The van der Waals surface area contributed by atoms with Crippen molar-refractivity contribution >= 4 is 90.8 Å². The third-order valence-electron chi connectivity index (χ3n) is 6.04. The summed E-state index contributed by atoms with van der Waals surface area (Å²) in [5.74, 6) is -7.64. The van der Waals surface area contributed by atoms with Gasteiger partial charge < -0.3 is 10.2 Å². The molecule has 0 bridgehead atoms. The Morgan fingerprint density at radius 3 is 1.31 bits per heavy atom. The highest BCUT2D eigenvalue weighted by atomic mass is 32.2. The molecule has 0 radical (unpaired) electrons. The number of carbonyl (C=O) groups excluding carboxylic acids is 4. The van der Waals surface area contributed by atoms with Gasteiger partial charge in [0.15, 0.2) is 11.4 Å². The molecule has 2 aromatic carbocycles. The van der Waals surface area contributed by atoms with E-state index in [0.717, 1.165) is 36.4 Å². The van der Waals surface area contributed by atoms with Crippen LogP contribution in [-0.4, -0.2) is 83.1 Å². The molecule has 0 saturated carbocycles. The van der Waals surface area contributed by atoms with Crippen LogP contribution in [0.5, 0.6) is 0 Å². The smallest absolute Gasteiger partial charge is 0.338 e. The van der Waals surface area contributed by atoms with E-state index in [4.69, 9.17) is 0 Å². The summed E-state index contributed by atoms with van der Waals surface area (Å²) in [6.07, 6.45) is 3.28. The Kier molecular flexibility index (Phi) is 9.47. The molecule has 4 rings (SSSR count). The fourth-order valence-corrected chi connectivity index (χ4v) is 5.38. The molecule has 2 aliphatic rings. The first-order valence-electron chi connectivity index (χ1n) is 12.5. The molecule has 48 heavy (non-hydrogen) atoms. The molecule has 0 aromatic heterocycles. The largest absolute Gasteiger partial charge is 0.478 e. The lowest BCUT2D eigenvalue weighted by molar-refractivity contribution is -0.133. The third kappa shape index (κ3) is 7.88. The van der Waals surface area contributed by atoms with Crippen molar-refractivity contribution in [3.05, 3.63) is 70.8 Å². The number of nitrogens with zero attached hydrogens (tertiary/aromatic N) is 2. The van der Waals surface area contributed by atoms with Crippen molar-refractivity contribution in [1.82, 2.24) is 10.6 Å². The number of aliphatic carboxylic acids is 2. The molecular weight excluding hydrogens is 684 g/mol. The summed E-state index contributed by atoms with van der Waals surface area (Å²) in [5, 5.41) is 29.4. The van der Waals surface area contributed by atoms with Crippen LogP contribution in [0.25, 0.3) is 12.2 Å². The van der Waals surface area contributed by atoms with Gasteiger partial charge in [-0.15, -0.1) is 0 Å². The van der Waals surface area contributed by atoms with Gasteiger partial charge in [0, 0.05) is 12.2 Å². The SMILES string of the molecule is O=C1C=C(C(=O)O)C(=NNc2ccc(C=Cc3ccc(NN=C4C(=O)NC(=O)C=C4C(=O)O)cc3S(=O)(=O)O)c(S(=O)(=O)O)c2)C(=O)N1. The third-order valence-corrected chi connectivity index (χ3v) is 7.86. The molecule has 20 nitrogen and oxygen atoms in total. The lowest BCUT2D eigenvalue weighted by Gasteiger charge is -2.13. The average molecular weight is 703 g/mol. The molecular formula is C26H18N6O14S2. The van der Waals surface area contributed by atoms with E-state index in [1.165, 1.54) is 12.1 Å². The number of amides is 4. The van der Waals surface area contributed by atoms with Crippen LogP contribution in [0.1, 0.15) is 11.1 Å². The molecule has 0 spiro atoms. The first kappa shape index (κ1) is 34.5. The van der Waals surface area contributed by atoms with Gasteiger partial charge in [-0.25, -0.2) is 9.59 Å². The number of hydrogen-bond donors (Lipinski definition) is 8.